The van der Waals surface area contributed by atoms with Crippen LogP contribution in [0.5, 0.6) is 0 Å². The van der Waals surface area contributed by atoms with E-state index in [2.05, 4.69) is 10.6 Å². The van der Waals surface area contributed by atoms with Crippen LogP contribution in [0.15, 0.2) is 30.3 Å². The standard InChI is InChI=1S/C14H19N3O2/c1-15-13(18)12(11-7-3-2-4-8-11)16-14(19)17-9-5-6-10-17/h2-4,7-8,12H,5-6,9-10H2,1H3,(H,15,18)(H,16,19). The van der Waals surface area contributed by atoms with Gasteiger partial charge in [0.05, 0.1) is 0 Å². The normalized spacial score (nSPS) is 15.9. The number of nitrogens with one attached hydrogen (secondary N) is 2. The van der Waals surface area contributed by atoms with Crippen molar-refractivity contribution in [2.45, 2.75) is 18.9 Å². The lowest BCUT2D eigenvalue weighted by Crippen LogP contribution is -2.44. The number of rotatable bonds is 3. The smallest absolute Gasteiger partial charge is 0.318 e. The van der Waals surface area contributed by atoms with E-state index in [-0.39, 0.29) is 11.9 Å². The first kappa shape index (κ1) is 13.4. The largest absolute Gasteiger partial charge is 0.357 e. The zero-order chi connectivity index (χ0) is 13.7. The Kier molecular flexibility index (Phi) is 4.39. The molecule has 0 radical (unpaired) electrons. The average molecular weight is 261 g/mol. The first-order chi connectivity index (χ1) is 9.22. The highest BCUT2D eigenvalue weighted by molar-refractivity contribution is 5.88. The molecule has 0 bridgehead atoms. The maximum Gasteiger partial charge on any atom is 0.318 e. The van der Waals surface area contributed by atoms with Crippen LogP contribution in [0.2, 0.25) is 0 Å². The van der Waals surface area contributed by atoms with Crippen molar-refractivity contribution < 1.29 is 9.59 Å². The lowest BCUT2D eigenvalue weighted by atomic mass is 10.1. The molecule has 0 aromatic heterocycles. The molecule has 1 atom stereocenters. The van der Waals surface area contributed by atoms with Gasteiger partial charge in [0.25, 0.3) is 0 Å². The number of carbonyl (C=O) groups is 2. The van der Waals surface area contributed by atoms with Crippen molar-refractivity contribution in [2.75, 3.05) is 20.1 Å². The van der Waals surface area contributed by atoms with Crippen LogP contribution in [0, 0.1) is 0 Å². The fourth-order valence-electron chi connectivity index (χ4n) is 2.23. The number of urea groups is 1. The summed E-state index contributed by atoms with van der Waals surface area (Å²) in [5.74, 6) is -0.209. The molecule has 1 aliphatic heterocycles. The molecule has 1 aliphatic rings. The predicted molar refractivity (Wildman–Crippen MR) is 72.6 cm³/mol. The number of carbonyl (C=O) groups excluding carboxylic acids is 2. The van der Waals surface area contributed by atoms with Gasteiger partial charge in [-0.05, 0) is 18.4 Å². The van der Waals surface area contributed by atoms with Gasteiger partial charge >= 0.3 is 6.03 Å². The molecule has 5 nitrogen and oxygen atoms in total. The molecule has 5 heteroatoms. The van der Waals surface area contributed by atoms with Gasteiger partial charge in [-0.15, -0.1) is 0 Å². The Labute approximate surface area is 113 Å². The van der Waals surface area contributed by atoms with Gasteiger partial charge in [-0.25, -0.2) is 4.79 Å². The zero-order valence-electron chi connectivity index (χ0n) is 11.1. The van der Waals surface area contributed by atoms with E-state index in [1.54, 1.807) is 11.9 Å². The highest BCUT2D eigenvalue weighted by Crippen LogP contribution is 2.14. The maximum absolute atomic E-state index is 12.1. The predicted octanol–water partition coefficient (Wildman–Crippen LogP) is 1.28. The third-order valence-corrected chi connectivity index (χ3v) is 3.30. The SMILES string of the molecule is CNC(=O)C(NC(=O)N1CCCC1)c1ccccc1. The van der Waals surface area contributed by atoms with Gasteiger partial charge < -0.3 is 15.5 Å². The minimum atomic E-state index is -0.640. The maximum atomic E-state index is 12.1. The Morgan fingerprint density at radius 3 is 2.37 bits per heavy atom. The molecule has 0 spiro atoms. The lowest BCUT2D eigenvalue weighted by Gasteiger charge is -2.22. The second-order valence-electron chi connectivity index (χ2n) is 4.60. The van der Waals surface area contributed by atoms with E-state index < -0.39 is 6.04 Å². The number of nitrogens with zero attached hydrogens (tertiary/aromatic N) is 1. The van der Waals surface area contributed by atoms with E-state index in [4.69, 9.17) is 0 Å². The summed E-state index contributed by atoms with van der Waals surface area (Å²) in [6.07, 6.45) is 2.06. The third kappa shape index (κ3) is 3.24. The summed E-state index contributed by atoms with van der Waals surface area (Å²) in [6.45, 7) is 1.53. The summed E-state index contributed by atoms with van der Waals surface area (Å²) < 4.78 is 0. The molecular weight excluding hydrogens is 242 g/mol. The van der Waals surface area contributed by atoms with Crippen molar-refractivity contribution in [1.29, 1.82) is 0 Å². The first-order valence-electron chi connectivity index (χ1n) is 6.54. The van der Waals surface area contributed by atoms with Crippen LogP contribution in [0.3, 0.4) is 0 Å². The molecule has 19 heavy (non-hydrogen) atoms. The summed E-state index contributed by atoms with van der Waals surface area (Å²) in [5.41, 5.74) is 0.786. The van der Waals surface area contributed by atoms with Crippen molar-refractivity contribution >= 4 is 11.9 Å². The highest BCUT2D eigenvalue weighted by atomic mass is 16.2. The molecule has 1 heterocycles. The molecule has 1 aromatic rings. The van der Waals surface area contributed by atoms with E-state index >= 15 is 0 Å². The van der Waals surface area contributed by atoms with Crippen molar-refractivity contribution in [3.05, 3.63) is 35.9 Å². The van der Waals surface area contributed by atoms with Crippen molar-refractivity contribution in [2.24, 2.45) is 0 Å². The van der Waals surface area contributed by atoms with Crippen LogP contribution in [-0.2, 0) is 4.79 Å². The van der Waals surface area contributed by atoms with Crippen LogP contribution in [0.1, 0.15) is 24.4 Å². The van der Waals surface area contributed by atoms with E-state index in [0.717, 1.165) is 31.5 Å². The molecule has 2 N–H and O–H groups in total. The van der Waals surface area contributed by atoms with Crippen LogP contribution in [0.4, 0.5) is 4.79 Å². The second-order valence-corrected chi connectivity index (χ2v) is 4.60. The number of likely N-dealkylation sites (tertiary alicyclic amines) is 1. The van der Waals surface area contributed by atoms with E-state index in [0.29, 0.717) is 0 Å². The van der Waals surface area contributed by atoms with Gasteiger partial charge in [-0.1, -0.05) is 30.3 Å². The Bertz CT molecular complexity index is 441. The van der Waals surface area contributed by atoms with Crippen molar-refractivity contribution in [3.8, 4) is 0 Å². The quantitative estimate of drug-likeness (QED) is 0.861. The topological polar surface area (TPSA) is 61.4 Å². The fourth-order valence-corrected chi connectivity index (χ4v) is 2.23. The van der Waals surface area contributed by atoms with Crippen LogP contribution in [-0.4, -0.2) is 37.0 Å². The van der Waals surface area contributed by atoms with E-state index in [1.807, 2.05) is 30.3 Å². The number of benzene rings is 1. The number of hydrogen-bond acceptors (Lipinski definition) is 2. The second kappa shape index (κ2) is 6.22. The number of amides is 3. The molecule has 1 fully saturated rings. The summed E-state index contributed by atoms with van der Waals surface area (Å²) in [5, 5.41) is 5.39. The van der Waals surface area contributed by atoms with Gasteiger partial charge in [0.2, 0.25) is 5.91 Å². The number of likely N-dealkylation sites (N-methyl/N-ethyl adjacent to an activating group) is 1. The Morgan fingerprint density at radius 1 is 1.16 bits per heavy atom. The van der Waals surface area contributed by atoms with Crippen LogP contribution >= 0.6 is 0 Å². The molecule has 102 valence electrons. The van der Waals surface area contributed by atoms with Crippen LogP contribution < -0.4 is 10.6 Å². The van der Waals surface area contributed by atoms with Gasteiger partial charge in [-0.2, -0.15) is 0 Å². The van der Waals surface area contributed by atoms with Gasteiger partial charge in [0, 0.05) is 20.1 Å². The molecular formula is C14H19N3O2. The van der Waals surface area contributed by atoms with E-state index in [9.17, 15) is 9.59 Å². The molecule has 2 rings (SSSR count). The Hall–Kier alpha value is -2.04. The third-order valence-electron chi connectivity index (χ3n) is 3.30. The summed E-state index contributed by atoms with van der Waals surface area (Å²) in [6, 6.07) is 8.45. The monoisotopic (exact) mass is 261 g/mol. The molecule has 0 saturated carbocycles. The Balaban J connectivity index is 2.10. The highest BCUT2D eigenvalue weighted by Gasteiger charge is 2.25. The molecule has 1 unspecified atom stereocenters. The van der Waals surface area contributed by atoms with Crippen molar-refractivity contribution in [1.82, 2.24) is 15.5 Å². The van der Waals surface area contributed by atoms with Gasteiger partial charge in [0.15, 0.2) is 0 Å². The zero-order valence-corrected chi connectivity index (χ0v) is 11.1. The molecule has 3 amide bonds. The number of hydrogen-bond donors (Lipinski definition) is 2. The van der Waals surface area contributed by atoms with Crippen molar-refractivity contribution in [3.63, 3.8) is 0 Å². The summed E-state index contributed by atoms with van der Waals surface area (Å²) in [4.78, 5) is 25.8. The lowest BCUT2D eigenvalue weighted by molar-refractivity contribution is -0.122. The summed E-state index contributed by atoms with van der Waals surface area (Å²) in [7, 11) is 1.57. The van der Waals surface area contributed by atoms with Crippen LogP contribution in [0.25, 0.3) is 0 Å². The molecule has 0 aliphatic carbocycles. The minimum Gasteiger partial charge on any atom is -0.357 e. The molecule has 1 aromatic carbocycles. The first-order valence-corrected chi connectivity index (χ1v) is 6.54. The summed E-state index contributed by atoms with van der Waals surface area (Å²) >= 11 is 0. The Morgan fingerprint density at radius 2 is 1.79 bits per heavy atom. The van der Waals surface area contributed by atoms with Gasteiger partial charge in [0.1, 0.15) is 6.04 Å². The molecule has 1 saturated heterocycles. The van der Waals surface area contributed by atoms with Gasteiger partial charge in [-0.3, -0.25) is 4.79 Å². The van der Waals surface area contributed by atoms with E-state index in [1.165, 1.54) is 0 Å². The minimum absolute atomic E-state index is 0.171. The average Bonchev–Trinajstić information content (AvgIpc) is 2.99. The fraction of sp³-hybridized carbons (Fsp3) is 0.429.